The molecule has 1 atom stereocenters. The maximum atomic E-state index is 13.2. The van der Waals surface area contributed by atoms with Crippen molar-refractivity contribution in [2.24, 2.45) is 7.05 Å². The van der Waals surface area contributed by atoms with Gasteiger partial charge in [-0.1, -0.05) is 12.1 Å². The van der Waals surface area contributed by atoms with E-state index in [1.165, 1.54) is 12.1 Å². The van der Waals surface area contributed by atoms with E-state index in [9.17, 15) is 9.18 Å². The fraction of sp³-hybridized carbons (Fsp3) is 0.176. The zero-order valence-corrected chi connectivity index (χ0v) is 13.4. The quantitative estimate of drug-likeness (QED) is 0.782. The van der Waals surface area contributed by atoms with E-state index in [0.29, 0.717) is 12.2 Å². The van der Waals surface area contributed by atoms with Crippen molar-refractivity contribution >= 4 is 17.2 Å². The van der Waals surface area contributed by atoms with Crippen molar-refractivity contribution in [1.29, 1.82) is 0 Å². The largest absolute Gasteiger partial charge is 0.342 e. The lowest BCUT2D eigenvalue weighted by atomic mass is 10.1. The van der Waals surface area contributed by atoms with E-state index in [-0.39, 0.29) is 11.7 Å². The number of halogens is 1. The van der Waals surface area contributed by atoms with Crippen LogP contribution in [-0.2, 0) is 18.3 Å². The van der Waals surface area contributed by atoms with Crippen LogP contribution in [0.25, 0.3) is 0 Å². The van der Waals surface area contributed by atoms with Crippen LogP contribution in [0, 0.1) is 5.82 Å². The lowest BCUT2D eigenvalue weighted by molar-refractivity contribution is -0.121. The predicted molar refractivity (Wildman–Crippen MR) is 87.6 cm³/mol. The Balaban J connectivity index is 1.85. The van der Waals surface area contributed by atoms with Gasteiger partial charge in [-0.3, -0.25) is 4.79 Å². The summed E-state index contributed by atoms with van der Waals surface area (Å²) in [6.45, 7) is 0. The molecule has 1 amide bonds. The minimum absolute atomic E-state index is 0.0966. The van der Waals surface area contributed by atoms with Crippen molar-refractivity contribution in [2.45, 2.75) is 12.5 Å². The minimum atomic E-state index is -0.415. The number of amides is 1. The van der Waals surface area contributed by atoms with E-state index < -0.39 is 6.04 Å². The van der Waals surface area contributed by atoms with Crippen molar-refractivity contribution in [2.75, 3.05) is 0 Å². The van der Waals surface area contributed by atoms with Crippen molar-refractivity contribution in [3.63, 3.8) is 0 Å². The number of thiophene rings is 1. The van der Waals surface area contributed by atoms with Crippen molar-refractivity contribution in [1.82, 2.24) is 14.9 Å². The SMILES string of the molecule is Cn1ccnc1[C@H](NC(=O)Cc1ccsc1)c1ccc(F)cc1. The zero-order valence-electron chi connectivity index (χ0n) is 12.6. The Labute approximate surface area is 137 Å². The van der Waals surface area contributed by atoms with Gasteiger partial charge in [0.05, 0.1) is 6.42 Å². The molecular formula is C17H16FN3OS. The number of aryl methyl sites for hydroxylation is 1. The van der Waals surface area contributed by atoms with Crippen LogP contribution in [0.2, 0.25) is 0 Å². The molecule has 0 unspecified atom stereocenters. The summed E-state index contributed by atoms with van der Waals surface area (Å²) in [6, 6.07) is 7.62. The molecule has 0 aliphatic heterocycles. The van der Waals surface area contributed by atoms with Gasteiger partial charge >= 0.3 is 0 Å². The Hall–Kier alpha value is -2.47. The number of nitrogens with zero attached hydrogens (tertiary/aromatic N) is 2. The van der Waals surface area contributed by atoms with Crippen LogP contribution >= 0.6 is 11.3 Å². The maximum absolute atomic E-state index is 13.2. The Morgan fingerprint density at radius 2 is 2.13 bits per heavy atom. The molecule has 6 heteroatoms. The molecule has 0 aliphatic carbocycles. The summed E-state index contributed by atoms with van der Waals surface area (Å²) in [7, 11) is 1.86. The minimum Gasteiger partial charge on any atom is -0.342 e. The van der Waals surface area contributed by atoms with Gasteiger partial charge in [0.25, 0.3) is 0 Å². The number of imidazole rings is 1. The first-order valence-electron chi connectivity index (χ1n) is 7.16. The molecule has 3 rings (SSSR count). The van der Waals surface area contributed by atoms with E-state index in [0.717, 1.165) is 11.1 Å². The summed E-state index contributed by atoms with van der Waals surface area (Å²) in [5.41, 5.74) is 1.77. The Bertz CT molecular complexity index is 781. The average Bonchev–Trinajstić information content (AvgIpc) is 3.18. The molecule has 0 bridgehead atoms. The molecule has 2 aromatic heterocycles. The summed E-state index contributed by atoms with van der Waals surface area (Å²) < 4.78 is 15.0. The molecule has 0 fully saturated rings. The summed E-state index contributed by atoms with van der Waals surface area (Å²) in [5, 5.41) is 6.89. The molecular weight excluding hydrogens is 313 g/mol. The van der Waals surface area contributed by atoms with Crippen LogP contribution in [0.15, 0.2) is 53.5 Å². The first-order valence-corrected chi connectivity index (χ1v) is 8.11. The van der Waals surface area contributed by atoms with Gasteiger partial charge in [-0.25, -0.2) is 9.37 Å². The van der Waals surface area contributed by atoms with Gasteiger partial charge in [-0.15, -0.1) is 0 Å². The number of benzene rings is 1. The maximum Gasteiger partial charge on any atom is 0.225 e. The molecule has 0 saturated heterocycles. The third kappa shape index (κ3) is 3.65. The summed E-state index contributed by atoms with van der Waals surface area (Å²) >= 11 is 1.56. The van der Waals surface area contributed by atoms with Gasteiger partial charge < -0.3 is 9.88 Å². The van der Waals surface area contributed by atoms with Crippen LogP contribution in [0.5, 0.6) is 0 Å². The van der Waals surface area contributed by atoms with E-state index in [1.807, 2.05) is 34.6 Å². The van der Waals surface area contributed by atoms with Crippen LogP contribution in [0.3, 0.4) is 0 Å². The second-order valence-electron chi connectivity index (χ2n) is 5.26. The highest BCUT2D eigenvalue weighted by atomic mass is 32.1. The topological polar surface area (TPSA) is 46.9 Å². The van der Waals surface area contributed by atoms with Crippen molar-refractivity contribution < 1.29 is 9.18 Å². The van der Waals surface area contributed by atoms with Crippen LogP contribution in [0.1, 0.15) is 23.0 Å². The van der Waals surface area contributed by atoms with Gasteiger partial charge in [0.2, 0.25) is 5.91 Å². The summed E-state index contributed by atoms with van der Waals surface area (Å²) in [5.74, 6) is 0.299. The number of aromatic nitrogens is 2. The molecule has 4 nitrogen and oxygen atoms in total. The van der Waals surface area contributed by atoms with Gasteiger partial charge in [0, 0.05) is 19.4 Å². The molecule has 3 aromatic rings. The van der Waals surface area contributed by atoms with Gasteiger partial charge in [-0.05, 0) is 40.1 Å². The summed E-state index contributed by atoms with van der Waals surface area (Å²) in [6.07, 6.45) is 3.80. The Morgan fingerprint density at radius 1 is 1.35 bits per heavy atom. The highest BCUT2D eigenvalue weighted by molar-refractivity contribution is 7.07. The smallest absolute Gasteiger partial charge is 0.225 e. The number of carbonyl (C=O) groups is 1. The molecule has 23 heavy (non-hydrogen) atoms. The van der Waals surface area contributed by atoms with Crippen molar-refractivity contribution in [3.05, 3.63) is 76.3 Å². The van der Waals surface area contributed by atoms with Crippen molar-refractivity contribution in [3.8, 4) is 0 Å². The molecule has 1 N–H and O–H groups in total. The lowest BCUT2D eigenvalue weighted by Crippen LogP contribution is -2.32. The van der Waals surface area contributed by atoms with Gasteiger partial charge in [0.15, 0.2) is 0 Å². The van der Waals surface area contributed by atoms with E-state index >= 15 is 0 Å². The third-order valence-corrected chi connectivity index (χ3v) is 4.30. The molecule has 0 spiro atoms. The number of hydrogen-bond donors (Lipinski definition) is 1. The molecule has 2 heterocycles. The molecule has 118 valence electrons. The normalized spacial score (nSPS) is 12.1. The fourth-order valence-corrected chi connectivity index (χ4v) is 3.07. The van der Waals surface area contributed by atoms with Gasteiger partial charge in [0.1, 0.15) is 17.7 Å². The fourth-order valence-electron chi connectivity index (χ4n) is 2.40. The second kappa shape index (κ2) is 6.75. The number of hydrogen-bond acceptors (Lipinski definition) is 3. The number of rotatable bonds is 5. The third-order valence-electron chi connectivity index (χ3n) is 3.57. The van der Waals surface area contributed by atoms with E-state index in [4.69, 9.17) is 0 Å². The van der Waals surface area contributed by atoms with Crippen LogP contribution in [0.4, 0.5) is 4.39 Å². The first-order chi connectivity index (χ1) is 11.1. The highest BCUT2D eigenvalue weighted by Gasteiger charge is 2.20. The van der Waals surface area contributed by atoms with Crippen LogP contribution < -0.4 is 5.32 Å². The van der Waals surface area contributed by atoms with E-state index in [1.54, 1.807) is 29.7 Å². The second-order valence-corrected chi connectivity index (χ2v) is 6.04. The predicted octanol–water partition coefficient (Wildman–Crippen LogP) is 3.07. The Kier molecular flexibility index (Phi) is 4.52. The highest BCUT2D eigenvalue weighted by Crippen LogP contribution is 2.21. The molecule has 1 aromatic carbocycles. The molecule has 0 radical (unpaired) electrons. The summed E-state index contributed by atoms with van der Waals surface area (Å²) in [4.78, 5) is 16.7. The Morgan fingerprint density at radius 3 is 2.74 bits per heavy atom. The molecule has 0 aliphatic rings. The van der Waals surface area contributed by atoms with E-state index in [2.05, 4.69) is 10.3 Å². The number of nitrogens with one attached hydrogen (secondary N) is 1. The monoisotopic (exact) mass is 329 g/mol. The van der Waals surface area contributed by atoms with Gasteiger partial charge in [-0.2, -0.15) is 11.3 Å². The first kappa shape index (κ1) is 15.4. The lowest BCUT2D eigenvalue weighted by Gasteiger charge is -2.19. The number of carbonyl (C=O) groups excluding carboxylic acids is 1. The zero-order chi connectivity index (χ0) is 16.2. The molecule has 0 saturated carbocycles. The average molecular weight is 329 g/mol. The van der Waals surface area contributed by atoms with Crippen LogP contribution in [-0.4, -0.2) is 15.5 Å². The standard InChI is InChI=1S/C17H16FN3OS/c1-21-8-7-19-17(21)16(13-2-4-14(18)5-3-13)20-15(22)10-12-6-9-23-11-12/h2-9,11,16H,10H2,1H3,(H,20,22)/t16-/m1/s1.